The van der Waals surface area contributed by atoms with E-state index in [0.717, 1.165) is 0 Å². The van der Waals surface area contributed by atoms with Gasteiger partial charge in [-0.3, -0.25) is 0 Å². The quantitative estimate of drug-likeness (QED) is 0.851. The molecule has 1 N–H and O–H groups in total. The van der Waals surface area contributed by atoms with Gasteiger partial charge in [0.2, 0.25) is 0 Å². The molecule has 20 heavy (non-hydrogen) atoms. The molecule has 2 aromatic rings. The molecular weight excluding hydrogens is 282 g/mol. The topological polar surface area (TPSA) is 29.5 Å². The third-order valence-corrected chi connectivity index (χ3v) is 3.82. The molecule has 106 valence electrons. The van der Waals surface area contributed by atoms with Gasteiger partial charge in [0, 0.05) is 16.2 Å². The van der Waals surface area contributed by atoms with Gasteiger partial charge in [0.05, 0.1) is 13.2 Å². The van der Waals surface area contributed by atoms with Gasteiger partial charge >= 0.3 is 0 Å². The molecule has 0 aliphatic rings. The molecular formula is C15H14F2O2S. The number of aliphatic hydroxyl groups is 1. The fourth-order valence-corrected chi connectivity index (χ4v) is 2.69. The highest BCUT2D eigenvalue weighted by Crippen LogP contribution is 2.30. The average molecular weight is 296 g/mol. The maximum absolute atomic E-state index is 13.2. The van der Waals surface area contributed by atoms with Crippen LogP contribution >= 0.6 is 11.8 Å². The molecule has 0 saturated carbocycles. The number of rotatable bonds is 5. The normalized spacial score (nSPS) is 12.2. The minimum atomic E-state index is -0.895. The number of hydrogen-bond acceptors (Lipinski definition) is 3. The molecule has 5 heteroatoms. The second-order valence-electron chi connectivity index (χ2n) is 4.17. The molecule has 0 saturated heterocycles. The summed E-state index contributed by atoms with van der Waals surface area (Å²) >= 11 is 1.29. The highest BCUT2D eigenvalue weighted by molar-refractivity contribution is 7.99. The standard InChI is InChI=1S/C15H14F2O2S/c1-19-15-6-5-11(17)8-13(15)14(18)9-20-12-4-2-3-10(16)7-12/h2-8,14,18H,9H2,1H3. The number of thioether (sulfide) groups is 1. The predicted octanol–water partition coefficient (Wildman–Crippen LogP) is 3.80. The molecule has 2 aromatic carbocycles. The van der Waals surface area contributed by atoms with E-state index < -0.39 is 11.9 Å². The van der Waals surface area contributed by atoms with Crippen molar-refractivity contribution >= 4 is 11.8 Å². The van der Waals surface area contributed by atoms with Gasteiger partial charge in [-0.15, -0.1) is 11.8 Å². The number of halogens is 2. The van der Waals surface area contributed by atoms with Gasteiger partial charge in [-0.05, 0) is 36.4 Å². The summed E-state index contributed by atoms with van der Waals surface area (Å²) in [6.07, 6.45) is -0.895. The van der Waals surface area contributed by atoms with Crippen molar-refractivity contribution in [2.45, 2.75) is 11.0 Å². The highest BCUT2D eigenvalue weighted by atomic mass is 32.2. The van der Waals surface area contributed by atoms with Crippen molar-refractivity contribution in [3.05, 3.63) is 59.7 Å². The Balaban J connectivity index is 2.08. The minimum Gasteiger partial charge on any atom is -0.496 e. The van der Waals surface area contributed by atoms with Gasteiger partial charge < -0.3 is 9.84 Å². The first-order valence-electron chi connectivity index (χ1n) is 6.00. The fourth-order valence-electron chi connectivity index (χ4n) is 1.79. The zero-order valence-electron chi connectivity index (χ0n) is 10.8. The van der Waals surface area contributed by atoms with Gasteiger partial charge in [-0.1, -0.05) is 6.07 Å². The van der Waals surface area contributed by atoms with E-state index in [0.29, 0.717) is 16.2 Å². The summed E-state index contributed by atoms with van der Waals surface area (Å²) in [5.41, 5.74) is 0.386. The van der Waals surface area contributed by atoms with Gasteiger partial charge in [-0.25, -0.2) is 8.78 Å². The molecule has 2 nitrogen and oxygen atoms in total. The smallest absolute Gasteiger partial charge is 0.124 e. The lowest BCUT2D eigenvalue weighted by Crippen LogP contribution is -2.04. The maximum Gasteiger partial charge on any atom is 0.124 e. The van der Waals surface area contributed by atoms with Crippen LogP contribution in [0.3, 0.4) is 0 Å². The zero-order valence-corrected chi connectivity index (χ0v) is 11.7. The Morgan fingerprint density at radius 3 is 2.60 bits per heavy atom. The lowest BCUT2D eigenvalue weighted by molar-refractivity contribution is 0.198. The lowest BCUT2D eigenvalue weighted by Gasteiger charge is -2.14. The Morgan fingerprint density at radius 2 is 1.90 bits per heavy atom. The second kappa shape index (κ2) is 6.72. The van der Waals surface area contributed by atoms with E-state index in [1.165, 1.54) is 49.2 Å². The summed E-state index contributed by atoms with van der Waals surface area (Å²) in [4.78, 5) is 0.708. The van der Waals surface area contributed by atoms with Gasteiger partial charge in [0.15, 0.2) is 0 Å². The summed E-state index contributed by atoms with van der Waals surface area (Å²) in [5, 5.41) is 10.1. The van der Waals surface area contributed by atoms with Crippen LogP contribution < -0.4 is 4.74 Å². The zero-order chi connectivity index (χ0) is 14.5. The number of aliphatic hydroxyl groups excluding tert-OH is 1. The van der Waals surface area contributed by atoms with Crippen LogP contribution in [0.4, 0.5) is 8.78 Å². The first-order chi connectivity index (χ1) is 9.60. The van der Waals surface area contributed by atoms with Crippen LogP contribution in [0.5, 0.6) is 5.75 Å². The Hall–Kier alpha value is -1.59. The van der Waals surface area contributed by atoms with Crippen molar-refractivity contribution in [3.8, 4) is 5.75 Å². The molecule has 0 aromatic heterocycles. The van der Waals surface area contributed by atoms with E-state index in [1.54, 1.807) is 12.1 Å². The van der Waals surface area contributed by atoms with Crippen LogP contribution in [0.15, 0.2) is 47.4 Å². The van der Waals surface area contributed by atoms with Crippen LogP contribution in [-0.2, 0) is 0 Å². The largest absolute Gasteiger partial charge is 0.496 e. The molecule has 1 unspecified atom stereocenters. The van der Waals surface area contributed by atoms with Crippen molar-refractivity contribution in [2.75, 3.05) is 12.9 Å². The van der Waals surface area contributed by atoms with Crippen LogP contribution in [0.1, 0.15) is 11.7 Å². The highest BCUT2D eigenvalue weighted by Gasteiger charge is 2.15. The van der Waals surface area contributed by atoms with Crippen LogP contribution in [0.2, 0.25) is 0 Å². The fraction of sp³-hybridized carbons (Fsp3) is 0.200. The van der Waals surface area contributed by atoms with E-state index in [1.807, 2.05) is 0 Å². The van der Waals surface area contributed by atoms with Crippen molar-refractivity contribution < 1.29 is 18.6 Å². The Kier molecular flexibility index (Phi) is 4.98. The maximum atomic E-state index is 13.2. The van der Waals surface area contributed by atoms with Crippen LogP contribution in [0.25, 0.3) is 0 Å². The van der Waals surface area contributed by atoms with E-state index in [9.17, 15) is 13.9 Å². The first kappa shape index (κ1) is 14.8. The molecule has 0 spiro atoms. The van der Waals surface area contributed by atoms with E-state index in [4.69, 9.17) is 4.74 Å². The van der Waals surface area contributed by atoms with Gasteiger partial charge in [0.1, 0.15) is 17.4 Å². The van der Waals surface area contributed by atoms with Crippen LogP contribution in [-0.4, -0.2) is 18.0 Å². The Labute approximate surface area is 120 Å². The van der Waals surface area contributed by atoms with E-state index in [-0.39, 0.29) is 11.6 Å². The summed E-state index contributed by atoms with van der Waals surface area (Å²) in [5.74, 6) is -0.0503. The molecule has 0 radical (unpaired) electrons. The Morgan fingerprint density at radius 1 is 1.15 bits per heavy atom. The third-order valence-electron chi connectivity index (χ3n) is 2.75. The number of benzene rings is 2. The van der Waals surface area contributed by atoms with E-state index >= 15 is 0 Å². The van der Waals surface area contributed by atoms with Gasteiger partial charge in [0.25, 0.3) is 0 Å². The summed E-state index contributed by atoms with van der Waals surface area (Å²) in [6.45, 7) is 0. The van der Waals surface area contributed by atoms with Gasteiger partial charge in [-0.2, -0.15) is 0 Å². The second-order valence-corrected chi connectivity index (χ2v) is 5.26. The SMILES string of the molecule is COc1ccc(F)cc1C(O)CSc1cccc(F)c1. The summed E-state index contributed by atoms with van der Waals surface area (Å²) in [7, 11) is 1.46. The van der Waals surface area contributed by atoms with Crippen molar-refractivity contribution in [1.82, 2.24) is 0 Å². The monoisotopic (exact) mass is 296 g/mol. The van der Waals surface area contributed by atoms with Crippen molar-refractivity contribution in [1.29, 1.82) is 0 Å². The lowest BCUT2D eigenvalue weighted by atomic mass is 10.1. The Bertz CT molecular complexity index is 590. The molecule has 0 fully saturated rings. The first-order valence-corrected chi connectivity index (χ1v) is 6.98. The summed E-state index contributed by atoms with van der Waals surface area (Å²) < 4.78 is 31.4. The molecule has 2 rings (SSSR count). The van der Waals surface area contributed by atoms with E-state index in [2.05, 4.69) is 0 Å². The molecule has 0 amide bonds. The molecule has 1 atom stereocenters. The number of methoxy groups -OCH3 is 1. The molecule has 0 bridgehead atoms. The van der Waals surface area contributed by atoms with Crippen molar-refractivity contribution in [3.63, 3.8) is 0 Å². The number of ether oxygens (including phenoxy) is 1. The molecule has 0 aliphatic heterocycles. The summed E-state index contributed by atoms with van der Waals surface area (Å²) in [6, 6.07) is 10.1. The third kappa shape index (κ3) is 3.71. The minimum absolute atomic E-state index is 0.281. The van der Waals surface area contributed by atoms with Crippen LogP contribution in [0, 0.1) is 11.6 Å². The predicted molar refractivity (Wildman–Crippen MR) is 75.0 cm³/mol. The average Bonchev–Trinajstić information content (AvgIpc) is 2.45. The molecule has 0 aliphatic carbocycles. The number of hydrogen-bond donors (Lipinski definition) is 1. The molecule has 0 heterocycles. The van der Waals surface area contributed by atoms with Crippen molar-refractivity contribution in [2.24, 2.45) is 0 Å².